The first-order valence-corrected chi connectivity index (χ1v) is 9.48. The van der Waals surface area contributed by atoms with Gasteiger partial charge < -0.3 is 14.9 Å². The second-order valence-corrected chi connectivity index (χ2v) is 7.45. The summed E-state index contributed by atoms with van der Waals surface area (Å²) in [5.74, 6) is 0.454. The Morgan fingerprint density at radius 2 is 1.88 bits per heavy atom. The van der Waals surface area contributed by atoms with E-state index in [1.54, 1.807) is 23.5 Å². The van der Waals surface area contributed by atoms with E-state index in [-0.39, 0.29) is 17.7 Å². The van der Waals surface area contributed by atoms with Gasteiger partial charge in [0.15, 0.2) is 0 Å². The van der Waals surface area contributed by atoms with Gasteiger partial charge in [-0.2, -0.15) is 0 Å². The van der Waals surface area contributed by atoms with Crippen molar-refractivity contribution in [1.82, 2.24) is 9.80 Å². The number of likely N-dealkylation sites (N-methyl/N-ethyl adjacent to an activating group) is 1. The lowest BCUT2D eigenvalue weighted by Crippen LogP contribution is -2.49. The van der Waals surface area contributed by atoms with Crippen LogP contribution in [0.1, 0.15) is 17.8 Å². The minimum Gasteiger partial charge on any atom is -0.508 e. The lowest BCUT2D eigenvalue weighted by molar-refractivity contribution is -0.133. The van der Waals surface area contributed by atoms with Crippen molar-refractivity contribution in [3.05, 3.63) is 46.7 Å². The van der Waals surface area contributed by atoms with Crippen molar-refractivity contribution >= 4 is 22.9 Å². The van der Waals surface area contributed by atoms with Crippen LogP contribution in [-0.4, -0.2) is 60.6 Å². The standard InChI is InChI=1S/C19H25N3O2S/c1-15(18-4-3-13-25-18)20(2)19(24)14-21-9-11-22(12-10-21)16-5-7-17(23)8-6-16/h3-8,13,15,23H,9-12,14H2,1-2H3. The monoisotopic (exact) mass is 359 g/mol. The molecule has 1 amide bonds. The SMILES string of the molecule is CC(c1cccs1)N(C)C(=O)CN1CCN(c2ccc(O)cc2)CC1. The molecule has 0 saturated carbocycles. The Kier molecular flexibility index (Phi) is 5.60. The summed E-state index contributed by atoms with van der Waals surface area (Å²) in [6, 6.07) is 11.5. The number of amides is 1. The molecular formula is C19H25N3O2S. The van der Waals surface area contributed by atoms with Crippen molar-refractivity contribution in [3.63, 3.8) is 0 Å². The number of aromatic hydroxyl groups is 1. The Morgan fingerprint density at radius 1 is 1.20 bits per heavy atom. The van der Waals surface area contributed by atoms with E-state index in [0.717, 1.165) is 31.9 Å². The molecule has 5 nitrogen and oxygen atoms in total. The third-order valence-electron chi connectivity index (χ3n) is 4.88. The van der Waals surface area contributed by atoms with E-state index in [1.165, 1.54) is 4.88 Å². The molecule has 0 aliphatic carbocycles. The number of rotatable bonds is 5. The number of carbonyl (C=O) groups excluding carboxylic acids is 1. The zero-order valence-corrected chi connectivity index (χ0v) is 15.6. The molecule has 134 valence electrons. The summed E-state index contributed by atoms with van der Waals surface area (Å²) in [4.78, 5) is 20.2. The Balaban J connectivity index is 1.50. The smallest absolute Gasteiger partial charge is 0.237 e. The van der Waals surface area contributed by atoms with Gasteiger partial charge in [0.1, 0.15) is 5.75 Å². The van der Waals surface area contributed by atoms with E-state index in [2.05, 4.69) is 22.8 Å². The molecule has 0 bridgehead atoms. The maximum Gasteiger partial charge on any atom is 0.237 e. The van der Waals surface area contributed by atoms with E-state index >= 15 is 0 Å². The van der Waals surface area contributed by atoms with Crippen molar-refractivity contribution in [2.24, 2.45) is 0 Å². The fraction of sp³-hybridized carbons (Fsp3) is 0.421. The second kappa shape index (κ2) is 7.89. The average Bonchev–Trinajstić information content (AvgIpc) is 3.16. The summed E-state index contributed by atoms with van der Waals surface area (Å²) >= 11 is 1.69. The van der Waals surface area contributed by atoms with Crippen molar-refractivity contribution in [2.75, 3.05) is 44.7 Å². The number of phenolic OH excluding ortho intramolecular Hbond substituents is 1. The van der Waals surface area contributed by atoms with Crippen LogP contribution in [0.2, 0.25) is 0 Å². The van der Waals surface area contributed by atoms with Crippen LogP contribution in [-0.2, 0) is 4.79 Å². The number of anilines is 1. The minimum absolute atomic E-state index is 0.116. The van der Waals surface area contributed by atoms with Crippen LogP contribution >= 0.6 is 11.3 Å². The summed E-state index contributed by atoms with van der Waals surface area (Å²) in [6.45, 7) is 6.06. The predicted molar refractivity (Wildman–Crippen MR) is 102 cm³/mol. The Hall–Kier alpha value is -2.05. The molecule has 25 heavy (non-hydrogen) atoms. The summed E-state index contributed by atoms with van der Waals surface area (Å²) in [5.41, 5.74) is 1.12. The average molecular weight is 359 g/mol. The topological polar surface area (TPSA) is 47.0 Å². The quantitative estimate of drug-likeness (QED) is 0.892. The van der Waals surface area contributed by atoms with Crippen molar-refractivity contribution < 1.29 is 9.90 Å². The number of nitrogens with zero attached hydrogens (tertiary/aromatic N) is 3. The highest BCUT2D eigenvalue weighted by molar-refractivity contribution is 7.10. The van der Waals surface area contributed by atoms with E-state index in [9.17, 15) is 9.90 Å². The highest BCUT2D eigenvalue weighted by Gasteiger charge is 2.23. The normalized spacial score (nSPS) is 16.6. The summed E-state index contributed by atoms with van der Waals surface area (Å²) in [6.07, 6.45) is 0. The number of carbonyl (C=O) groups is 1. The number of thiophene rings is 1. The zero-order valence-electron chi connectivity index (χ0n) is 14.8. The van der Waals surface area contributed by atoms with Crippen molar-refractivity contribution in [1.29, 1.82) is 0 Å². The molecule has 1 aliphatic heterocycles. The lowest BCUT2D eigenvalue weighted by atomic mass is 10.2. The lowest BCUT2D eigenvalue weighted by Gasteiger charge is -2.36. The van der Waals surface area contributed by atoms with Crippen LogP contribution in [0.3, 0.4) is 0 Å². The van der Waals surface area contributed by atoms with Gasteiger partial charge in [-0.05, 0) is 42.6 Å². The van der Waals surface area contributed by atoms with Crippen LogP contribution in [0.5, 0.6) is 5.75 Å². The molecular weight excluding hydrogens is 334 g/mol. The Labute approximate surface area is 153 Å². The van der Waals surface area contributed by atoms with Gasteiger partial charge in [0.05, 0.1) is 12.6 Å². The molecule has 1 saturated heterocycles. The van der Waals surface area contributed by atoms with Gasteiger partial charge in [-0.15, -0.1) is 11.3 Å². The fourth-order valence-corrected chi connectivity index (χ4v) is 3.89. The van der Waals surface area contributed by atoms with E-state index in [4.69, 9.17) is 0 Å². The Bertz CT molecular complexity index is 679. The summed E-state index contributed by atoms with van der Waals surface area (Å²) in [7, 11) is 1.89. The molecule has 1 N–H and O–H groups in total. The molecule has 0 radical (unpaired) electrons. The molecule has 1 aromatic heterocycles. The highest BCUT2D eigenvalue weighted by atomic mass is 32.1. The minimum atomic E-state index is 0.116. The molecule has 1 aromatic carbocycles. The first-order valence-electron chi connectivity index (χ1n) is 8.60. The van der Waals surface area contributed by atoms with Gasteiger partial charge in [0.2, 0.25) is 5.91 Å². The molecule has 1 fully saturated rings. The van der Waals surface area contributed by atoms with Gasteiger partial charge in [0, 0.05) is 43.8 Å². The van der Waals surface area contributed by atoms with Crippen molar-refractivity contribution in [2.45, 2.75) is 13.0 Å². The van der Waals surface area contributed by atoms with Gasteiger partial charge in [-0.1, -0.05) is 6.07 Å². The highest BCUT2D eigenvalue weighted by Crippen LogP contribution is 2.24. The maximum atomic E-state index is 12.6. The summed E-state index contributed by atoms with van der Waals surface area (Å²) < 4.78 is 0. The predicted octanol–water partition coefficient (Wildman–Crippen LogP) is 2.80. The number of benzene rings is 1. The van der Waals surface area contributed by atoms with Crippen LogP contribution in [0.25, 0.3) is 0 Å². The molecule has 1 atom stereocenters. The fourth-order valence-electron chi connectivity index (χ4n) is 3.07. The maximum absolute atomic E-state index is 12.6. The van der Waals surface area contributed by atoms with Gasteiger partial charge in [-0.3, -0.25) is 9.69 Å². The first kappa shape index (κ1) is 17.8. The molecule has 1 unspecified atom stereocenters. The van der Waals surface area contributed by atoms with Crippen LogP contribution in [0, 0.1) is 0 Å². The van der Waals surface area contributed by atoms with Crippen molar-refractivity contribution in [3.8, 4) is 5.75 Å². The Morgan fingerprint density at radius 3 is 2.48 bits per heavy atom. The molecule has 6 heteroatoms. The number of piperazine rings is 1. The van der Waals surface area contributed by atoms with Crippen LogP contribution in [0.4, 0.5) is 5.69 Å². The van der Waals surface area contributed by atoms with Crippen LogP contribution in [0.15, 0.2) is 41.8 Å². The number of hydrogen-bond acceptors (Lipinski definition) is 5. The molecule has 1 aliphatic rings. The number of hydrogen-bond donors (Lipinski definition) is 1. The number of phenols is 1. The van der Waals surface area contributed by atoms with E-state index in [0.29, 0.717) is 6.54 Å². The third kappa shape index (κ3) is 4.32. The van der Waals surface area contributed by atoms with Gasteiger partial charge >= 0.3 is 0 Å². The van der Waals surface area contributed by atoms with Gasteiger partial charge in [-0.25, -0.2) is 0 Å². The first-order chi connectivity index (χ1) is 12.0. The molecule has 2 heterocycles. The third-order valence-corrected chi connectivity index (χ3v) is 5.92. The zero-order chi connectivity index (χ0) is 17.8. The van der Waals surface area contributed by atoms with Crippen LogP contribution < -0.4 is 4.90 Å². The molecule has 2 aromatic rings. The summed E-state index contributed by atoms with van der Waals surface area (Å²) in [5, 5.41) is 11.4. The largest absolute Gasteiger partial charge is 0.508 e. The van der Waals surface area contributed by atoms with E-state index in [1.807, 2.05) is 35.5 Å². The molecule has 0 spiro atoms. The van der Waals surface area contributed by atoms with E-state index < -0.39 is 0 Å². The molecule has 3 rings (SSSR count). The van der Waals surface area contributed by atoms with Gasteiger partial charge in [0.25, 0.3) is 0 Å². The second-order valence-electron chi connectivity index (χ2n) is 6.48.